The Morgan fingerprint density at radius 2 is 1.71 bits per heavy atom. The lowest BCUT2D eigenvalue weighted by Gasteiger charge is -2.16. The van der Waals surface area contributed by atoms with Gasteiger partial charge in [0.15, 0.2) is 0 Å². The van der Waals surface area contributed by atoms with Crippen LogP contribution in [0.4, 0.5) is 13.2 Å². The minimum absolute atomic E-state index is 0.105. The first-order valence-corrected chi connectivity index (χ1v) is 10.6. The van der Waals surface area contributed by atoms with E-state index in [9.17, 15) is 22.8 Å². The highest BCUT2D eigenvalue weighted by molar-refractivity contribution is 5.94. The van der Waals surface area contributed by atoms with Crippen LogP contribution in [0.3, 0.4) is 0 Å². The van der Waals surface area contributed by atoms with Crippen molar-refractivity contribution in [3.63, 3.8) is 0 Å². The summed E-state index contributed by atoms with van der Waals surface area (Å²) in [6.07, 6.45) is -3.96. The van der Waals surface area contributed by atoms with Gasteiger partial charge in [-0.05, 0) is 42.5 Å². The number of hydrogen-bond acceptors (Lipinski definition) is 4. The largest absolute Gasteiger partial charge is 0.489 e. The molecule has 0 bridgehead atoms. The van der Waals surface area contributed by atoms with Crippen LogP contribution in [-0.2, 0) is 24.0 Å². The van der Waals surface area contributed by atoms with Crippen molar-refractivity contribution in [1.29, 1.82) is 0 Å². The number of carbonyl (C=O) groups is 2. The van der Waals surface area contributed by atoms with Gasteiger partial charge in [0.25, 0.3) is 5.91 Å². The molecule has 0 fully saturated rings. The summed E-state index contributed by atoms with van der Waals surface area (Å²) in [5, 5.41) is 8.75. The molecule has 0 unspecified atom stereocenters. The van der Waals surface area contributed by atoms with E-state index in [-0.39, 0.29) is 25.5 Å². The molecular formula is C25H24F3NO5. The number of alkyl halides is 3. The third-order valence-electron chi connectivity index (χ3n) is 5.22. The van der Waals surface area contributed by atoms with Crippen molar-refractivity contribution < 1.29 is 37.0 Å². The average Bonchev–Trinajstić information content (AvgIpc) is 3.24. The topological polar surface area (TPSA) is 80.0 Å². The maximum Gasteiger partial charge on any atom is 0.416 e. The van der Waals surface area contributed by atoms with E-state index in [1.807, 2.05) is 6.92 Å². The minimum Gasteiger partial charge on any atom is -0.489 e. The summed E-state index contributed by atoms with van der Waals surface area (Å²) >= 11 is 0. The zero-order valence-corrected chi connectivity index (χ0v) is 18.7. The molecule has 6 nitrogen and oxygen atoms in total. The molecule has 1 amide bonds. The lowest BCUT2D eigenvalue weighted by Crippen LogP contribution is -2.28. The molecule has 1 N–H and O–H groups in total. The Bertz CT molecular complexity index is 1130. The van der Waals surface area contributed by atoms with E-state index < -0.39 is 17.7 Å². The fraction of sp³-hybridized carbons (Fsp3) is 0.280. The number of carboxylic acids is 1. The molecule has 0 spiro atoms. The van der Waals surface area contributed by atoms with Gasteiger partial charge in [0.2, 0.25) is 0 Å². The quantitative estimate of drug-likeness (QED) is 0.432. The summed E-state index contributed by atoms with van der Waals surface area (Å²) in [7, 11) is 1.54. The second-order valence-electron chi connectivity index (χ2n) is 7.67. The van der Waals surface area contributed by atoms with Gasteiger partial charge in [0.05, 0.1) is 12.0 Å². The predicted molar refractivity (Wildman–Crippen MR) is 119 cm³/mol. The Balaban J connectivity index is 1.66. The van der Waals surface area contributed by atoms with Gasteiger partial charge in [-0.25, -0.2) is 0 Å². The molecule has 2 aromatic carbocycles. The fourth-order valence-electron chi connectivity index (χ4n) is 3.29. The number of furan rings is 1. The number of carbonyl (C=O) groups excluding carboxylic acids is 1. The highest BCUT2D eigenvalue weighted by Crippen LogP contribution is 2.32. The Hall–Kier alpha value is -3.75. The summed E-state index contributed by atoms with van der Waals surface area (Å²) in [5.41, 5.74) is 0.981. The van der Waals surface area contributed by atoms with E-state index in [2.05, 4.69) is 0 Å². The predicted octanol–water partition coefficient (Wildman–Crippen LogP) is 5.65. The summed E-state index contributed by atoms with van der Waals surface area (Å²) in [6.45, 7) is 2.19. The number of aryl methyl sites for hydroxylation is 1. The first kappa shape index (κ1) is 24.9. The average molecular weight is 475 g/mol. The van der Waals surface area contributed by atoms with Gasteiger partial charge in [-0.15, -0.1) is 0 Å². The van der Waals surface area contributed by atoms with E-state index in [1.165, 1.54) is 24.1 Å². The van der Waals surface area contributed by atoms with Crippen LogP contribution < -0.4 is 4.74 Å². The number of benzene rings is 2. The van der Waals surface area contributed by atoms with E-state index in [0.29, 0.717) is 34.8 Å². The van der Waals surface area contributed by atoms with Crippen molar-refractivity contribution in [3.05, 3.63) is 77.0 Å². The third kappa shape index (κ3) is 6.18. The van der Waals surface area contributed by atoms with Gasteiger partial charge >= 0.3 is 12.1 Å². The minimum atomic E-state index is -4.40. The van der Waals surface area contributed by atoms with Gasteiger partial charge in [-0.2, -0.15) is 13.2 Å². The van der Waals surface area contributed by atoms with Crippen molar-refractivity contribution in [2.45, 2.75) is 32.5 Å². The maximum absolute atomic E-state index is 12.8. The molecule has 34 heavy (non-hydrogen) atoms. The molecule has 3 aromatic rings. The molecule has 180 valence electrons. The highest BCUT2D eigenvalue weighted by atomic mass is 19.4. The second kappa shape index (κ2) is 10.5. The number of halogens is 3. The maximum atomic E-state index is 12.8. The molecule has 0 aliphatic heterocycles. The van der Waals surface area contributed by atoms with E-state index in [1.54, 1.807) is 30.3 Å². The Morgan fingerprint density at radius 3 is 2.26 bits per heavy atom. The number of amides is 1. The van der Waals surface area contributed by atoms with Crippen LogP contribution in [0.2, 0.25) is 0 Å². The lowest BCUT2D eigenvalue weighted by molar-refractivity contribution is -0.138. The third-order valence-corrected chi connectivity index (χ3v) is 5.22. The Kier molecular flexibility index (Phi) is 7.65. The van der Waals surface area contributed by atoms with E-state index >= 15 is 0 Å². The first-order chi connectivity index (χ1) is 16.1. The molecule has 0 radical (unpaired) electrons. The number of carboxylic acid groups (broad SMARTS) is 1. The Labute approximate surface area is 194 Å². The number of aliphatic carboxylic acids is 1. The van der Waals surface area contributed by atoms with Crippen molar-refractivity contribution in [3.8, 4) is 17.1 Å². The number of ether oxygens (including phenoxy) is 1. The van der Waals surface area contributed by atoms with E-state index in [0.717, 1.165) is 17.7 Å². The molecular weight excluding hydrogens is 451 g/mol. The van der Waals surface area contributed by atoms with Crippen LogP contribution >= 0.6 is 0 Å². The fourth-order valence-corrected chi connectivity index (χ4v) is 3.29. The zero-order chi connectivity index (χ0) is 24.9. The van der Waals surface area contributed by atoms with Gasteiger partial charge in [0, 0.05) is 36.7 Å². The number of rotatable bonds is 9. The standard InChI is InChI=1S/C25H24F3NO5/c1-3-21-18(14-22(34-21)16-4-8-19(9-5-16)25(26,27)28)15-33-20-10-6-17(7-11-20)24(32)29(2)13-12-23(30)31/h4-11,14H,3,12-13,15H2,1-2H3,(H,30,31). The van der Waals surface area contributed by atoms with Crippen LogP contribution in [0.25, 0.3) is 11.3 Å². The van der Waals surface area contributed by atoms with Gasteiger partial charge in [-0.3, -0.25) is 9.59 Å². The van der Waals surface area contributed by atoms with Crippen molar-refractivity contribution >= 4 is 11.9 Å². The van der Waals surface area contributed by atoms with Gasteiger partial charge in [0.1, 0.15) is 23.9 Å². The summed E-state index contributed by atoms with van der Waals surface area (Å²) in [5.74, 6) is 0.369. The molecule has 0 saturated heterocycles. The second-order valence-corrected chi connectivity index (χ2v) is 7.67. The Morgan fingerprint density at radius 1 is 1.06 bits per heavy atom. The molecule has 0 aliphatic carbocycles. The van der Waals surface area contributed by atoms with Crippen LogP contribution in [0, 0.1) is 0 Å². The molecule has 0 aliphatic rings. The van der Waals surface area contributed by atoms with E-state index in [4.69, 9.17) is 14.3 Å². The zero-order valence-electron chi connectivity index (χ0n) is 18.7. The first-order valence-electron chi connectivity index (χ1n) is 10.6. The lowest BCUT2D eigenvalue weighted by atomic mass is 10.1. The molecule has 0 atom stereocenters. The molecule has 9 heteroatoms. The normalized spacial score (nSPS) is 11.3. The highest BCUT2D eigenvalue weighted by Gasteiger charge is 2.30. The van der Waals surface area contributed by atoms with Crippen molar-refractivity contribution in [2.24, 2.45) is 0 Å². The molecule has 1 heterocycles. The van der Waals surface area contributed by atoms with Crippen LogP contribution in [-0.4, -0.2) is 35.5 Å². The van der Waals surface area contributed by atoms with Crippen LogP contribution in [0.1, 0.15) is 40.6 Å². The smallest absolute Gasteiger partial charge is 0.416 e. The molecule has 0 saturated carbocycles. The summed E-state index contributed by atoms with van der Waals surface area (Å²) in [4.78, 5) is 24.4. The monoisotopic (exact) mass is 475 g/mol. The van der Waals surface area contributed by atoms with Gasteiger partial charge < -0.3 is 19.2 Å². The van der Waals surface area contributed by atoms with Crippen molar-refractivity contribution in [1.82, 2.24) is 4.90 Å². The number of nitrogens with zero attached hydrogens (tertiary/aromatic N) is 1. The SMILES string of the molecule is CCc1oc(-c2ccc(C(F)(F)F)cc2)cc1COc1ccc(C(=O)N(C)CCC(=O)O)cc1. The summed E-state index contributed by atoms with van der Waals surface area (Å²) < 4.78 is 50.0. The summed E-state index contributed by atoms with van der Waals surface area (Å²) in [6, 6.07) is 13.0. The van der Waals surface area contributed by atoms with Gasteiger partial charge in [-0.1, -0.05) is 19.1 Å². The van der Waals surface area contributed by atoms with Crippen molar-refractivity contribution in [2.75, 3.05) is 13.6 Å². The molecule has 3 rings (SSSR count). The van der Waals surface area contributed by atoms with Crippen LogP contribution in [0.15, 0.2) is 59.0 Å². The number of hydrogen-bond donors (Lipinski definition) is 1. The van der Waals surface area contributed by atoms with Crippen LogP contribution in [0.5, 0.6) is 5.75 Å². The molecule has 1 aromatic heterocycles.